The molecule has 0 amide bonds. The number of rotatable bonds is 7. The molecule has 0 spiro atoms. The van der Waals surface area contributed by atoms with Gasteiger partial charge < -0.3 is 35.8 Å². The molecule has 38 heavy (non-hydrogen) atoms. The number of nitrogens with zero attached hydrogens (tertiary/aromatic N) is 2. The van der Waals surface area contributed by atoms with Crippen LogP contribution in [-0.4, -0.2) is 40.5 Å². The maximum absolute atomic E-state index is 13.7. The fraction of sp³-hybridized carbons (Fsp3) is 0.323. The Hall–Kier alpha value is -3.00. The largest absolute Gasteiger partial charge is 1.00 e. The lowest BCUT2D eigenvalue weighted by atomic mass is 9.82. The van der Waals surface area contributed by atoms with E-state index in [1.165, 1.54) is 6.07 Å². The number of fused-ring (bicyclic) bond motifs is 3. The highest BCUT2D eigenvalue weighted by Gasteiger charge is 2.48. The zero-order valence-electron chi connectivity index (χ0n) is 21.4. The fourth-order valence-corrected chi connectivity index (χ4v) is 6.15. The summed E-state index contributed by atoms with van der Waals surface area (Å²) in [6.07, 6.45) is 2.26. The van der Waals surface area contributed by atoms with Gasteiger partial charge in [-0.25, -0.2) is 4.39 Å². The van der Waals surface area contributed by atoms with E-state index in [1.54, 1.807) is 19.1 Å². The van der Waals surface area contributed by atoms with E-state index in [9.17, 15) is 9.50 Å². The number of ether oxygens (including phenoxy) is 1. The van der Waals surface area contributed by atoms with Gasteiger partial charge in [0.15, 0.2) is 17.5 Å². The first-order valence-corrected chi connectivity index (χ1v) is 13.0. The van der Waals surface area contributed by atoms with Crippen molar-refractivity contribution in [2.24, 2.45) is 5.92 Å². The van der Waals surface area contributed by atoms with Crippen LogP contribution < -0.4 is 21.7 Å². The minimum atomic E-state index is -1.41. The van der Waals surface area contributed by atoms with Gasteiger partial charge in [0, 0.05) is 24.8 Å². The number of halogens is 2. The lowest BCUT2D eigenvalue weighted by Crippen LogP contribution is -3.00. The molecular formula is C31H32BrFN2O3. The zero-order chi connectivity index (χ0) is 25.5. The highest BCUT2D eigenvalue weighted by molar-refractivity contribution is 5.44. The van der Waals surface area contributed by atoms with E-state index in [0.29, 0.717) is 23.7 Å². The highest BCUT2D eigenvalue weighted by Crippen LogP contribution is 2.40. The lowest BCUT2D eigenvalue weighted by Gasteiger charge is -2.51. The molecule has 0 saturated carbocycles. The molecule has 3 aliphatic heterocycles. The molecule has 2 bridgehead atoms. The molecule has 1 atom stereocenters. The normalized spacial score (nSPS) is 22.6. The van der Waals surface area contributed by atoms with E-state index in [0.717, 1.165) is 59.6 Å². The van der Waals surface area contributed by atoms with Gasteiger partial charge >= 0.3 is 0 Å². The molecule has 3 saturated heterocycles. The second-order valence-electron chi connectivity index (χ2n) is 10.7. The molecule has 3 aromatic carbocycles. The standard InChI is InChI=1S/C31H32FN2O3.BrH/c1-22-18-26(12-13-28(22)32)36-29-21-34(16-14-23(29)15-17-34)20-27-19-30(33-37-27)31(35,24-8-4-2-5-9-24)25-10-6-3-7-11-25;/h2-13,18-19,23,29,35H,14-17,20-21H2,1H3;1H/q+1;/p-1/t23?,29-,34?;/m0./s1. The van der Waals surface area contributed by atoms with Crippen LogP contribution in [0.2, 0.25) is 0 Å². The second kappa shape index (κ2) is 10.6. The van der Waals surface area contributed by atoms with Gasteiger partial charge in [-0.05, 0) is 41.8 Å². The minimum Gasteiger partial charge on any atom is -1.00 e. The van der Waals surface area contributed by atoms with E-state index in [-0.39, 0.29) is 28.9 Å². The predicted molar refractivity (Wildman–Crippen MR) is 138 cm³/mol. The molecule has 198 valence electrons. The summed E-state index contributed by atoms with van der Waals surface area (Å²) < 4.78 is 26.9. The second-order valence-corrected chi connectivity index (χ2v) is 10.7. The zero-order valence-corrected chi connectivity index (χ0v) is 23.0. The topological polar surface area (TPSA) is 55.5 Å². The molecular weight excluding hydrogens is 547 g/mol. The van der Waals surface area contributed by atoms with Crippen molar-refractivity contribution in [2.75, 3.05) is 19.6 Å². The minimum absolute atomic E-state index is 0. The molecule has 0 aliphatic carbocycles. The van der Waals surface area contributed by atoms with E-state index in [4.69, 9.17) is 9.26 Å². The van der Waals surface area contributed by atoms with Crippen molar-refractivity contribution in [2.45, 2.75) is 38.0 Å². The van der Waals surface area contributed by atoms with Gasteiger partial charge in [-0.3, -0.25) is 0 Å². The molecule has 7 rings (SSSR count). The monoisotopic (exact) mass is 578 g/mol. The molecule has 4 aromatic rings. The Labute approximate surface area is 233 Å². The first kappa shape index (κ1) is 26.6. The molecule has 3 aliphatic rings. The smallest absolute Gasteiger partial charge is 0.191 e. The summed E-state index contributed by atoms with van der Waals surface area (Å²) in [5, 5.41) is 16.4. The van der Waals surface area contributed by atoms with Crippen LogP contribution in [-0.2, 0) is 12.1 Å². The van der Waals surface area contributed by atoms with E-state index < -0.39 is 5.60 Å². The average molecular weight is 580 g/mol. The summed E-state index contributed by atoms with van der Waals surface area (Å²) in [7, 11) is 0. The average Bonchev–Trinajstić information content (AvgIpc) is 3.40. The van der Waals surface area contributed by atoms with Crippen LogP contribution in [0.4, 0.5) is 4.39 Å². The highest BCUT2D eigenvalue weighted by atomic mass is 79.9. The van der Waals surface area contributed by atoms with Crippen molar-refractivity contribution < 1.29 is 40.2 Å². The first-order valence-electron chi connectivity index (χ1n) is 13.0. The Balaban J connectivity index is 0.00000294. The van der Waals surface area contributed by atoms with Gasteiger partial charge in [-0.2, -0.15) is 0 Å². The molecule has 1 aromatic heterocycles. The fourth-order valence-electron chi connectivity index (χ4n) is 6.15. The van der Waals surface area contributed by atoms with Crippen LogP contribution in [0.15, 0.2) is 89.5 Å². The van der Waals surface area contributed by atoms with Crippen molar-refractivity contribution in [3.63, 3.8) is 0 Å². The van der Waals surface area contributed by atoms with Crippen molar-refractivity contribution in [3.05, 3.63) is 119 Å². The van der Waals surface area contributed by atoms with Crippen LogP contribution in [0.5, 0.6) is 5.75 Å². The molecule has 0 unspecified atom stereocenters. The molecule has 5 nitrogen and oxygen atoms in total. The number of piperidine rings is 3. The van der Waals surface area contributed by atoms with Gasteiger partial charge in [-0.1, -0.05) is 65.8 Å². The summed E-state index contributed by atoms with van der Waals surface area (Å²) in [5.41, 5.74) is 1.16. The van der Waals surface area contributed by atoms with E-state index in [1.807, 2.05) is 66.7 Å². The molecule has 7 heteroatoms. The lowest BCUT2D eigenvalue weighted by molar-refractivity contribution is -0.959. The number of aryl methyl sites for hydroxylation is 1. The number of hydrogen-bond donors (Lipinski definition) is 1. The maximum atomic E-state index is 13.7. The number of aliphatic hydroxyl groups is 1. The van der Waals surface area contributed by atoms with Crippen molar-refractivity contribution in [1.82, 2.24) is 5.16 Å². The Kier molecular flexibility index (Phi) is 7.45. The number of quaternary nitrogens is 1. The van der Waals surface area contributed by atoms with Crippen LogP contribution >= 0.6 is 0 Å². The summed E-state index contributed by atoms with van der Waals surface area (Å²) in [5.74, 6) is 1.79. The number of benzene rings is 3. The Bertz CT molecular complexity index is 1330. The Morgan fingerprint density at radius 3 is 2.21 bits per heavy atom. The van der Waals surface area contributed by atoms with Crippen LogP contribution in [0.25, 0.3) is 0 Å². The molecule has 1 N–H and O–H groups in total. The Morgan fingerprint density at radius 2 is 1.61 bits per heavy atom. The predicted octanol–water partition coefficient (Wildman–Crippen LogP) is 2.60. The maximum Gasteiger partial charge on any atom is 0.191 e. The van der Waals surface area contributed by atoms with Crippen LogP contribution in [0, 0.1) is 18.7 Å². The Morgan fingerprint density at radius 1 is 0.974 bits per heavy atom. The molecule has 0 radical (unpaired) electrons. The quantitative estimate of drug-likeness (QED) is 0.343. The van der Waals surface area contributed by atoms with E-state index in [2.05, 4.69) is 5.16 Å². The number of aromatic nitrogens is 1. The van der Waals surface area contributed by atoms with Crippen molar-refractivity contribution >= 4 is 0 Å². The third-order valence-electron chi connectivity index (χ3n) is 8.26. The SMILES string of the molecule is Cc1cc(O[C@H]2C[N+]3(Cc4cc(C(O)(c5ccccc5)c5ccccc5)no4)CCC2CC3)ccc1F.[Br-]. The third-order valence-corrected chi connectivity index (χ3v) is 8.26. The summed E-state index contributed by atoms with van der Waals surface area (Å²) >= 11 is 0. The van der Waals surface area contributed by atoms with Crippen LogP contribution in [0.3, 0.4) is 0 Å². The van der Waals surface area contributed by atoms with Gasteiger partial charge in [0.05, 0.1) is 13.1 Å². The van der Waals surface area contributed by atoms with Gasteiger partial charge in [0.25, 0.3) is 0 Å². The van der Waals surface area contributed by atoms with Gasteiger partial charge in [0.1, 0.15) is 30.4 Å². The summed E-state index contributed by atoms with van der Waals surface area (Å²) in [4.78, 5) is 0. The van der Waals surface area contributed by atoms with Crippen LogP contribution in [0.1, 0.15) is 41.0 Å². The van der Waals surface area contributed by atoms with Gasteiger partial charge in [-0.15, -0.1) is 0 Å². The summed E-state index contributed by atoms with van der Waals surface area (Å²) in [6, 6.07) is 26.1. The molecule has 4 heterocycles. The first-order chi connectivity index (χ1) is 18.0. The summed E-state index contributed by atoms with van der Waals surface area (Å²) in [6.45, 7) is 5.45. The molecule has 3 fully saturated rings. The third kappa shape index (κ3) is 4.91. The number of hydrogen-bond acceptors (Lipinski definition) is 4. The van der Waals surface area contributed by atoms with E-state index >= 15 is 0 Å². The van der Waals surface area contributed by atoms with Gasteiger partial charge in [0.2, 0.25) is 0 Å². The van der Waals surface area contributed by atoms with Crippen molar-refractivity contribution in [1.29, 1.82) is 0 Å². The van der Waals surface area contributed by atoms with Crippen molar-refractivity contribution in [3.8, 4) is 5.75 Å².